The second-order valence-electron chi connectivity index (χ2n) is 6.11. The summed E-state index contributed by atoms with van der Waals surface area (Å²) in [6.45, 7) is 5.71. The Labute approximate surface area is 123 Å². The number of halogens is 3. The van der Waals surface area contributed by atoms with E-state index >= 15 is 0 Å². The monoisotopic (exact) mass is 301 g/mol. The van der Waals surface area contributed by atoms with Gasteiger partial charge in [0.25, 0.3) is 0 Å². The van der Waals surface area contributed by atoms with E-state index < -0.39 is 11.7 Å². The number of ether oxygens (including phenoxy) is 1. The Morgan fingerprint density at radius 2 is 2.00 bits per heavy atom. The van der Waals surface area contributed by atoms with E-state index in [0.717, 1.165) is 19.4 Å². The molecule has 0 atom stereocenters. The van der Waals surface area contributed by atoms with Crippen LogP contribution in [0.3, 0.4) is 0 Å². The van der Waals surface area contributed by atoms with Crippen LogP contribution in [0.15, 0.2) is 18.2 Å². The Morgan fingerprint density at radius 3 is 2.57 bits per heavy atom. The summed E-state index contributed by atoms with van der Waals surface area (Å²) in [5.41, 5.74) is -0.0475. The number of benzene rings is 1. The fraction of sp³-hybridized carbons (Fsp3) is 0.625. The number of hydrogen-bond acceptors (Lipinski definition) is 2. The van der Waals surface area contributed by atoms with Crippen LogP contribution in [0, 0.1) is 11.8 Å². The second kappa shape index (κ2) is 6.69. The van der Waals surface area contributed by atoms with Crippen molar-refractivity contribution in [3.63, 3.8) is 0 Å². The molecule has 21 heavy (non-hydrogen) atoms. The Morgan fingerprint density at radius 1 is 1.29 bits per heavy atom. The molecule has 118 valence electrons. The standard InChI is InChI=1S/C16H22F3NO/c1-11(2)8-20-9-13-5-6-15(21-10-12-3-4-12)14(7-13)16(17,18)19/h5-7,11-12,20H,3-4,8-10H2,1-2H3. The second-order valence-corrected chi connectivity index (χ2v) is 6.11. The zero-order valence-electron chi connectivity index (χ0n) is 12.5. The van der Waals surface area contributed by atoms with Gasteiger partial charge in [0.15, 0.2) is 0 Å². The minimum absolute atomic E-state index is 0.0537. The van der Waals surface area contributed by atoms with E-state index in [1.165, 1.54) is 12.1 Å². The van der Waals surface area contributed by atoms with E-state index in [1.807, 2.05) is 0 Å². The molecule has 1 N–H and O–H groups in total. The predicted molar refractivity (Wildman–Crippen MR) is 76.2 cm³/mol. The molecule has 1 aromatic rings. The minimum atomic E-state index is -4.38. The average Bonchev–Trinajstić information content (AvgIpc) is 3.19. The van der Waals surface area contributed by atoms with Crippen molar-refractivity contribution in [2.75, 3.05) is 13.2 Å². The van der Waals surface area contributed by atoms with Gasteiger partial charge in [0.2, 0.25) is 0 Å². The lowest BCUT2D eigenvalue weighted by molar-refractivity contribution is -0.139. The molecular weight excluding hydrogens is 279 g/mol. The summed E-state index contributed by atoms with van der Waals surface area (Å²) in [6.07, 6.45) is -2.27. The number of hydrogen-bond donors (Lipinski definition) is 1. The van der Waals surface area contributed by atoms with Gasteiger partial charge in [-0.3, -0.25) is 0 Å². The summed E-state index contributed by atoms with van der Waals surface area (Å²) < 4.78 is 44.7. The van der Waals surface area contributed by atoms with Gasteiger partial charge >= 0.3 is 6.18 Å². The summed E-state index contributed by atoms with van der Waals surface area (Å²) >= 11 is 0. The largest absolute Gasteiger partial charge is 0.493 e. The maximum absolute atomic E-state index is 13.1. The molecule has 0 amide bonds. The Kier molecular flexibility index (Phi) is 5.14. The lowest BCUT2D eigenvalue weighted by Gasteiger charge is -2.16. The first-order valence-corrected chi connectivity index (χ1v) is 7.40. The smallest absolute Gasteiger partial charge is 0.419 e. The van der Waals surface area contributed by atoms with E-state index in [4.69, 9.17) is 4.74 Å². The first-order chi connectivity index (χ1) is 9.86. The van der Waals surface area contributed by atoms with Crippen molar-refractivity contribution >= 4 is 0 Å². The molecule has 1 aromatic carbocycles. The highest BCUT2D eigenvalue weighted by Gasteiger charge is 2.35. The summed E-state index contributed by atoms with van der Waals surface area (Å²) in [7, 11) is 0. The van der Waals surface area contributed by atoms with E-state index in [2.05, 4.69) is 19.2 Å². The van der Waals surface area contributed by atoms with Crippen molar-refractivity contribution in [2.45, 2.75) is 39.4 Å². The number of alkyl halides is 3. The Balaban J connectivity index is 2.06. The fourth-order valence-electron chi connectivity index (χ4n) is 2.03. The maximum atomic E-state index is 13.1. The number of rotatable bonds is 7. The van der Waals surface area contributed by atoms with E-state index in [-0.39, 0.29) is 5.75 Å². The minimum Gasteiger partial charge on any atom is -0.493 e. The highest BCUT2D eigenvalue weighted by molar-refractivity contribution is 5.39. The highest BCUT2D eigenvalue weighted by Crippen LogP contribution is 2.38. The molecule has 2 rings (SSSR count). The summed E-state index contributed by atoms with van der Waals surface area (Å²) in [5.74, 6) is 0.841. The lowest BCUT2D eigenvalue weighted by Crippen LogP contribution is -2.19. The molecule has 1 aliphatic carbocycles. The van der Waals surface area contributed by atoms with Crippen LogP contribution in [-0.4, -0.2) is 13.2 Å². The quantitative estimate of drug-likeness (QED) is 0.813. The molecule has 0 spiro atoms. The number of nitrogens with one attached hydrogen (secondary N) is 1. The molecule has 0 saturated heterocycles. The van der Waals surface area contributed by atoms with Crippen LogP contribution >= 0.6 is 0 Å². The third-order valence-corrected chi connectivity index (χ3v) is 3.40. The predicted octanol–water partition coefficient (Wildman–Crippen LogP) is 4.24. The van der Waals surface area contributed by atoms with Crippen molar-refractivity contribution in [2.24, 2.45) is 11.8 Å². The van der Waals surface area contributed by atoms with Crippen molar-refractivity contribution in [1.29, 1.82) is 0 Å². The maximum Gasteiger partial charge on any atom is 0.419 e. The van der Waals surface area contributed by atoms with Crippen LogP contribution in [0.25, 0.3) is 0 Å². The van der Waals surface area contributed by atoms with Crippen LogP contribution in [0.2, 0.25) is 0 Å². The van der Waals surface area contributed by atoms with Gasteiger partial charge in [0, 0.05) is 6.54 Å². The molecule has 0 bridgehead atoms. The first-order valence-electron chi connectivity index (χ1n) is 7.40. The van der Waals surface area contributed by atoms with Gasteiger partial charge in [-0.15, -0.1) is 0 Å². The van der Waals surface area contributed by atoms with Crippen LogP contribution in [0.5, 0.6) is 5.75 Å². The van der Waals surface area contributed by atoms with E-state index in [1.54, 1.807) is 6.07 Å². The first kappa shape index (κ1) is 16.1. The fourth-order valence-corrected chi connectivity index (χ4v) is 2.03. The van der Waals surface area contributed by atoms with Gasteiger partial charge in [-0.2, -0.15) is 13.2 Å². The molecule has 0 unspecified atom stereocenters. The summed E-state index contributed by atoms with van der Waals surface area (Å²) in [6, 6.07) is 4.33. The third kappa shape index (κ3) is 5.23. The molecule has 0 heterocycles. The van der Waals surface area contributed by atoms with Crippen molar-refractivity contribution in [3.8, 4) is 5.75 Å². The highest BCUT2D eigenvalue weighted by atomic mass is 19.4. The van der Waals surface area contributed by atoms with Crippen molar-refractivity contribution in [1.82, 2.24) is 5.32 Å². The Bertz CT molecular complexity index is 467. The molecule has 1 fully saturated rings. The zero-order valence-corrected chi connectivity index (χ0v) is 12.5. The normalized spacial score (nSPS) is 15.5. The van der Waals surface area contributed by atoms with Crippen LogP contribution in [-0.2, 0) is 12.7 Å². The van der Waals surface area contributed by atoms with Gasteiger partial charge in [-0.1, -0.05) is 19.9 Å². The average molecular weight is 301 g/mol. The third-order valence-electron chi connectivity index (χ3n) is 3.40. The zero-order chi connectivity index (χ0) is 15.5. The molecular formula is C16H22F3NO. The van der Waals surface area contributed by atoms with Crippen LogP contribution in [0.1, 0.15) is 37.8 Å². The van der Waals surface area contributed by atoms with Gasteiger partial charge < -0.3 is 10.1 Å². The van der Waals surface area contributed by atoms with Gasteiger partial charge in [0.05, 0.1) is 12.2 Å². The molecule has 0 aliphatic heterocycles. The van der Waals surface area contributed by atoms with E-state index in [0.29, 0.717) is 30.6 Å². The molecule has 0 aromatic heterocycles. The van der Waals surface area contributed by atoms with E-state index in [9.17, 15) is 13.2 Å². The summed E-state index contributed by atoms with van der Waals surface area (Å²) in [4.78, 5) is 0. The van der Waals surface area contributed by atoms with Crippen molar-refractivity contribution in [3.05, 3.63) is 29.3 Å². The van der Waals surface area contributed by atoms with Crippen LogP contribution < -0.4 is 10.1 Å². The molecule has 0 radical (unpaired) electrons. The Hall–Kier alpha value is -1.23. The molecule has 1 saturated carbocycles. The molecule has 2 nitrogen and oxygen atoms in total. The van der Waals surface area contributed by atoms with Gasteiger partial charge in [0.1, 0.15) is 5.75 Å². The van der Waals surface area contributed by atoms with Gasteiger partial charge in [-0.05, 0) is 48.9 Å². The SMILES string of the molecule is CC(C)CNCc1ccc(OCC2CC2)c(C(F)(F)F)c1. The summed E-state index contributed by atoms with van der Waals surface area (Å²) in [5, 5.41) is 3.15. The topological polar surface area (TPSA) is 21.3 Å². The molecule has 5 heteroatoms. The molecule has 1 aliphatic rings. The van der Waals surface area contributed by atoms with Crippen LogP contribution in [0.4, 0.5) is 13.2 Å². The van der Waals surface area contributed by atoms with Gasteiger partial charge in [-0.25, -0.2) is 0 Å². The van der Waals surface area contributed by atoms with Crippen molar-refractivity contribution < 1.29 is 17.9 Å². The lowest BCUT2D eigenvalue weighted by atomic mass is 10.1.